The summed E-state index contributed by atoms with van der Waals surface area (Å²) in [5, 5.41) is 7.48. The molecule has 0 aromatic carbocycles. The van der Waals surface area contributed by atoms with Gasteiger partial charge in [-0.05, 0) is 12.3 Å². The summed E-state index contributed by atoms with van der Waals surface area (Å²) in [4.78, 5) is 0. The van der Waals surface area contributed by atoms with Gasteiger partial charge in [0.15, 0.2) is 0 Å². The first-order chi connectivity index (χ1) is 6.34. The molecule has 0 spiro atoms. The molecular formula is C10H17N3. The van der Waals surface area contributed by atoms with Crippen LogP contribution in [-0.2, 0) is 7.05 Å². The predicted octanol–water partition coefficient (Wildman–Crippen LogP) is 2.02. The highest BCUT2D eigenvalue weighted by Gasteiger charge is 2.16. The summed E-state index contributed by atoms with van der Waals surface area (Å²) in [5.74, 6) is 0.990. The van der Waals surface area contributed by atoms with E-state index in [0.717, 1.165) is 18.2 Å². The summed E-state index contributed by atoms with van der Waals surface area (Å²) in [6, 6.07) is 0. The van der Waals surface area contributed by atoms with Crippen LogP contribution < -0.4 is 5.32 Å². The average Bonchev–Trinajstić information content (AvgIpc) is 2.42. The Morgan fingerprint density at radius 1 is 1.62 bits per heavy atom. The van der Waals surface area contributed by atoms with Crippen molar-refractivity contribution >= 4 is 5.69 Å². The van der Waals surface area contributed by atoms with E-state index in [1.807, 2.05) is 24.1 Å². The Labute approximate surface area is 79.1 Å². The van der Waals surface area contributed by atoms with Crippen molar-refractivity contribution in [1.82, 2.24) is 9.78 Å². The molecule has 1 N–H and O–H groups in total. The molecule has 1 heterocycles. The van der Waals surface area contributed by atoms with Gasteiger partial charge in [0.25, 0.3) is 0 Å². The van der Waals surface area contributed by atoms with Crippen LogP contribution in [0.15, 0.2) is 12.4 Å². The largest absolute Gasteiger partial charge is 0.383 e. The van der Waals surface area contributed by atoms with Gasteiger partial charge in [-0.25, -0.2) is 0 Å². The zero-order valence-corrected chi connectivity index (χ0v) is 8.16. The number of anilines is 1. The van der Waals surface area contributed by atoms with E-state index in [1.54, 1.807) is 0 Å². The number of aromatic nitrogens is 2. The number of hydrogen-bond acceptors (Lipinski definition) is 2. The van der Waals surface area contributed by atoms with Gasteiger partial charge in [0.2, 0.25) is 0 Å². The van der Waals surface area contributed by atoms with E-state index in [2.05, 4.69) is 10.4 Å². The minimum atomic E-state index is 0.990. The maximum absolute atomic E-state index is 4.10. The van der Waals surface area contributed by atoms with Crippen molar-refractivity contribution < 1.29 is 0 Å². The minimum Gasteiger partial charge on any atom is -0.383 e. The Morgan fingerprint density at radius 3 is 3.00 bits per heavy atom. The first-order valence-electron chi connectivity index (χ1n) is 5.07. The third kappa shape index (κ3) is 2.23. The fourth-order valence-electron chi connectivity index (χ4n) is 1.71. The second-order valence-corrected chi connectivity index (χ2v) is 3.92. The SMILES string of the molecule is Cn1cc(NCCC2CCC2)cn1. The molecule has 3 nitrogen and oxygen atoms in total. The molecule has 1 aliphatic carbocycles. The molecule has 0 radical (unpaired) electrons. The van der Waals surface area contributed by atoms with Crippen LogP contribution in [0.1, 0.15) is 25.7 Å². The Bertz CT molecular complexity index is 263. The van der Waals surface area contributed by atoms with Crippen LogP contribution in [0.4, 0.5) is 5.69 Å². The maximum Gasteiger partial charge on any atom is 0.0726 e. The maximum atomic E-state index is 4.10. The Hall–Kier alpha value is -0.990. The topological polar surface area (TPSA) is 29.9 Å². The molecule has 1 fully saturated rings. The lowest BCUT2D eigenvalue weighted by molar-refractivity contribution is 0.303. The predicted molar refractivity (Wildman–Crippen MR) is 53.7 cm³/mol. The van der Waals surface area contributed by atoms with E-state index in [0.29, 0.717) is 0 Å². The fraction of sp³-hybridized carbons (Fsp3) is 0.700. The summed E-state index contributed by atoms with van der Waals surface area (Å²) in [6.45, 7) is 1.09. The molecule has 3 heteroatoms. The summed E-state index contributed by atoms with van der Waals surface area (Å²) in [5.41, 5.74) is 1.14. The molecule has 13 heavy (non-hydrogen) atoms. The van der Waals surface area contributed by atoms with Gasteiger partial charge < -0.3 is 5.32 Å². The zero-order valence-electron chi connectivity index (χ0n) is 8.16. The molecule has 1 saturated carbocycles. The second kappa shape index (κ2) is 3.81. The summed E-state index contributed by atoms with van der Waals surface area (Å²) in [7, 11) is 1.94. The number of aryl methyl sites for hydroxylation is 1. The minimum absolute atomic E-state index is 0.990. The van der Waals surface area contributed by atoms with Gasteiger partial charge in [-0.1, -0.05) is 19.3 Å². The molecule has 0 saturated heterocycles. The van der Waals surface area contributed by atoms with Gasteiger partial charge in [0, 0.05) is 19.8 Å². The molecule has 1 aromatic rings. The first-order valence-corrected chi connectivity index (χ1v) is 5.07. The third-order valence-corrected chi connectivity index (χ3v) is 2.81. The zero-order chi connectivity index (χ0) is 9.10. The summed E-state index contributed by atoms with van der Waals surface area (Å²) >= 11 is 0. The summed E-state index contributed by atoms with van der Waals surface area (Å²) < 4.78 is 1.83. The molecule has 0 unspecified atom stereocenters. The number of rotatable bonds is 4. The van der Waals surface area contributed by atoms with E-state index in [9.17, 15) is 0 Å². The van der Waals surface area contributed by atoms with Gasteiger partial charge in [-0.2, -0.15) is 5.10 Å². The molecule has 2 rings (SSSR count). The summed E-state index contributed by atoms with van der Waals surface area (Å²) in [6.07, 6.45) is 9.53. The Balaban J connectivity index is 1.67. The molecular weight excluding hydrogens is 162 g/mol. The van der Waals surface area contributed by atoms with Crippen molar-refractivity contribution in [2.24, 2.45) is 13.0 Å². The second-order valence-electron chi connectivity index (χ2n) is 3.92. The van der Waals surface area contributed by atoms with E-state index in [-0.39, 0.29) is 0 Å². The van der Waals surface area contributed by atoms with E-state index >= 15 is 0 Å². The number of nitrogens with zero attached hydrogens (tertiary/aromatic N) is 2. The molecule has 1 aliphatic rings. The smallest absolute Gasteiger partial charge is 0.0726 e. The average molecular weight is 179 g/mol. The Morgan fingerprint density at radius 2 is 2.46 bits per heavy atom. The lowest BCUT2D eigenvalue weighted by atomic mass is 9.83. The van der Waals surface area contributed by atoms with Crippen LogP contribution in [0.3, 0.4) is 0 Å². The Kier molecular flexibility index (Phi) is 2.52. The van der Waals surface area contributed by atoms with Gasteiger partial charge in [-0.15, -0.1) is 0 Å². The van der Waals surface area contributed by atoms with Crippen LogP contribution in [0.5, 0.6) is 0 Å². The third-order valence-electron chi connectivity index (χ3n) is 2.81. The number of hydrogen-bond donors (Lipinski definition) is 1. The first kappa shape index (κ1) is 8.60. The van der Waals surface area contributed by atoms with Crippen LogP contribution in [0, 0.1) is 5.92 Å². The molecule has 0 bridgehead atoms. The van der Waals surface area contributed by atoms with Crippen molar-refractivity contribution in [3.05, 3.63) is 12.4 Å². The molecule has 1 aromatic heterocycles. The molecule has 72 valence electrons. The monoisotopic (exact) mass is 179 g/mol. The van der Waals surface area contributed by atoms with Crippen molar-refractivity contribution in [2.45, 2.75) is 25.7 Å². The lowest BCUT2D eigenvalue weighted by Crippen LogP contribution is -2.15. The highest BCUT2D eigenvalue weighted by molar-refractivity contribution is 5.37. The van der Waals surface area contributed by atoms with Crippen LogP contribution >= 0.6 is 0 Å². The molecule has 0 amide bonds. The quantitative estimate of drug-likeness (QED) is 0.766. The van der Waals surface area contributed by atoms with Crippen molar-refractivity contribution in [2.75, 3.05) is 11.9 Å². The highest BCUT2D eigenvalue weighted by Crippen LogP contribution is 2.29. The van der Waals surface area contributed by atoms with E-state index in [4.69, 9.17) is 0 Å². The lowest BCUT2D eigenvalue weighted by Gasteiger charge is -2.25. The van der Waals surface area contributed by atoms with Gasteiger partial charge in [0.05, 0.1) is 11.9 Å². The van der Waals surface area contributed by atoms with Crippen LogP contribution in [-0.4, -0.2) is 16.3 Å². The van der Waals surface area contributed by atoms with Gasteiger partial charge in [-0.3, -0.25) is 4.68 Å². The van der Waals surface area contributed by atoms with Crippen molar-refractivity contribution in [3.63, 3.8) is 0 Å². The van der Waals surface area contributed by atoms with Gasteiger partial charge >= 0.3 is 0 Å². The van der Waals surface area contributed by atoms with E-state index in [1.165, 1.54) is 25.7 Å². The van der Waals surface area contributed by atoms with Crippen molar-refractivity contribution in [1.29, 1.82) is 0 Å². The normalized spacial score (nSPS) is 17.0. The van der Waals surface area contributed by atoms with E-state index < -0.39 is 0 Å². The number of nitrogens with one attached hydrogen (secondary N) is 1. The fourth-order valence-corrected chi connectivity index (χ4v) is 1.71. The molecule has 0 aliphatic heterocycles. The molecule has 0 atom stereocenters. The van der Waals surface area contributed by atoms with Crippen LogP contribution in [0.2, 0.25) is 0 Å². The van der Waals surface area contributed by atoms with Crippen LogP contribution in [0.25, 0.3) is 0 Å². The van der Waals surface area contributed by atoms with Crippen molar-refractivity contribution in [3.8, 4) is 0 Å². The highest BCUT2D eigenvalue weighted by atomic mass is 15.3. The van der Waals surface area contributed by atoms with Gasteiger partial charge in [0.1, 0.15) is 0 Å². The standard InChI is InChI=1S/C10H17N3/c1-13-8-10(7-12-13)11-6-5-9-3-2-4-9/h7-9,11H,2-6H2,1H3.